The van der Waals surface area contributed by atoms with Crippen molar-refractivity contribution in [2.75, 3.05) is 13.1 Å². The molecule has 0 spiro atoms. The molecule has 0 bridgehead atoms. The van der Waals surface area contributed by atoms with Crippen molar-refractivity contribution in [1.29, 1.82) is 0 Å². The number of aromatic nitrogens is 1. The minimum Gasteiger partial charge on any atom is -0.347 e. The molecule has 0 unspecified atom stereocenters. The summed E-state index contributed by atoms with van der Waals surface area (Å²) in [6, 6.07) is 8.56. The average molecular weight is 343 g/mol. The molecule has 2 heterocycles. The third-order valence-corrected chi connectivity index (χ3v) is 5.38. The van der Waals surface area contributed by atoms with E-state index in [-0.39, 0.29) is 5.91 Å². The van der Waals surface area contributed by atoms with Gasteiger partial charge in [0.2, 0.25) is 0 Å². The Bertz CT molecular complexity index is 672. The second-order valence-electron chi connectivity index (χ2n) is 6.71. The Balaban J connectivity index is 1.48. The van der Waals surface area contributed by atoms with Gasteiger partial charge in [0, 0.05) is 18.5 Å². The summed E-state index contributed by atoms with van der Waals surface area (Å²) in [5.74, 6) is 0.764. The molecule has 0 atom stereocenters. The first kappa shape index (κ1) is 17.1. The van der Waals surface area contributed by atoms with E-state index in [9.17, 15) is 4.79 Å². The van der Waals surface area contributed by atoms with Crippen LogP contribution < -0.4 is 5.32 Å². The minimum atomic E-state index is -0.106. The van der Waals surface area contributed by atoms with E-state index in [1.807, 2.05) is 6.92 Å². The van der Waals surface area contributed by atoms with Crippen molar-refractivity contribution in [2.45, 2.75) is 39.8 Å². The van der Waals surface area contributed by atoms with Gasteiger partial charge in [0.05, 0.1) is 5.01 Å². The number of piperidine rings is 1. The number of carbonyl (C=O) groups is 1. The first-order valence-electron chi connectivity index (χ1n) is 8.60. The number of thiazole rings is 1. The molecule has 128 valence electrons. The molecule has 1 aromatic carbocycles. The number of rotatable bonds is 5. The lowest BCUT2D eigenvalue weighted by Gasteiger charge is -2.30. The normalized spacial score (nSPS) is 16.2. The van der Waals surface area contributed by atoms with Crippen LogP contribution in [0.4, 0.5) is 0 Å². The molecule has 0 radical (unpaired) electrons. The standard InChI is InChI=1S/C19H25N3OS/c1-14-7-9-22(10-8-14)12-17-5-3-16(4-6-17)11-20-19(23)18-13-24-15(2)21-18/h3-6,13-14H,7-12H2,1-2H3,(H,20,23). The van der Waals surface area contributed by atoms with Crippen molar-refractivity contribution in [1.82, 2.24) is 15.2 Å². The Morgan fingerprint density at radius 1 is 1.25 bits per heavy atom. The summed E-state index contributed by atoms with van der Waals surface area (Å²) in [7, 11) is 0. The van der Waals surface area contributed by atoms with E-state index in [1.165, 1.54) is 42.8 Å². The summed E-state index contributed by atoms with van der Waals surface area (Å²) in [5, 5.41) is 5.64. The van der Waals surface area contributed by atoms with Crippen LogP contribution in [-0.4, -0.2) is 28.9 Å². The summed E-state index contributed by atoms with van der Waals surface area (Å²) < 4.78 is 0. The Morgan fingerprint density at radius 3 is 2.54 bits per heavy atom. The van der Waals surface area contributed by atoms with Gasteiger partial charge in [0.1, 0.15) is 5.69 Å². The Morgan fingerprint density at radius 2 is 1.92 bits per heavy atom. The van der Waals surface area contributed by atoms with Crippen LogP contribution in [0, 0.1) is 12.8 Å². The highest BCUT2D eigenvalue weighted by Crippen LogP contribution is 2.18. The predicted molar refractivity (Wildman–Crippen MR) is 98.1 cm³/mol. The Hall–Kier alpha value is -1.72. The van der Waals surface area contributed by atoms with E-state index < -0.39 is 0 Å². The number of hydrogen-bond donors (Lipinski definition) is 1. The zero-order chi connectivity index (χ0) is 16.9. The smallest absolute Gasteiger partial charge is 0.271 e. The second-order valence-corrected chi connectivity index (χ2v) is 7.77. The third kappa shape index (κ3) is 4.65. The summed E-state index contributed by atoms with van der Waals surface area (Å²) in [6.07, 6.45) is 2.61. The van der Waals surface area contributed by atoms with Gasteiger partial charge in [-0.3, -0.25) is 9.69 Å². The summed E-state index contributed by atoms with van der Waals surface area (Å²) in [4.78, 5) is 18.8. The fourth-order valence-corrected chi connectivity index (χ4v) is 3.57. The molecule has 1 aromatic heterocycles. The Kier molecular flexibility index (Phi) is 5.63. The molecule has 3 rings (SSSR count). The van der Waals surface area contributed by atoms with Crippen LogP contribution in [0.25, 0.3) is 0 Å². The van der Waals surface area contributed by atoms with E-state index in [0.717, 1.165) is 23.0 Å². The maximum atomic E-state index is 12.0. The molecule has 1 N–H and O–H groups in total. The van der Waals surface area contributed by atoms with Gasteiger partial charge >= 0.3 is 0 Å². The lowest BCUT2D eigenvalue weighted by molar-refractivity contribution is 0.0946. The predicted octanol–water partition coefficient (Wildman–Crippen LogP) is 3.61. The first-order chi connectivity index (χ1) is 11.6. The quantitative estimate of drug-likeness (QED) is 0.902. The second kappa shape index (κ2) is 7.90. The van der Waals surface area contributed by atoms with E-state index in [1.54, 1.807) is 5.38 Å². The van der Waals surface area contributed by atoms with Crippen molar-refractivity contribution in [3.63, 3.8) is 0 Å². The molecule has 5 heteroatoms. The number of aryl methyl sites for hydroxylation is 1. The molecule has 1 amide bonds. The molecule has 4 nitrogen and oxygen atoms in total. The molecule has 24 heavy (non-hydrogen) atoms. The molecular formula is C19H25N3OS. The maximum Gasteiger partial charge on any atom is 0.271 e. The number of amides is 1. The van der Waals surface area contributed by atoms with Gasteiger partial charge in [-0.25, -0.2) is 4.98 Å². The summed E-state index contributed by atoms with van der Waals surface area (Å²) in [6.45, 7) is 8.21. The highest BCUT2D eigenvalue weighted by Gasteiger charge is 2.15. The molecule has 2 aromatic rings. The van der Waals surface area contributed by atoms with Gasteiger partial charge in [0.25, 0.3) is 5.91 Å². The lowest BCUT2D eigenvalue weighted by Crippen LogP contribution is -2.32. The van der Waals surface area contributed by atoms with Gasteiger partial charge in [-0.05, 0) is 49.9 Å². The van der Waals surface area contributed by atoms with Gasteiger partial charge in [0.15, 0.2) is 0 Å². The number of benzene rings is 1. The van der Waals surface area contributed by atoms with Crippen LogP contribution in [-0.2, 0) is 13.1 Å². The van der Waals surface area contributed by atoms with Gasteiger partial charge in [-0.2, -0.15) is 0 Å². The lowest BCUT2D eigenvalue weighted by atomic mass is 9.99. The molecule has 0 saturated carbocycles. The fourth-order valence-electron chi connectivity index (χ4n) is 2.98. The molecule has 1 aliphatic heterocycles. The minimum absolute atomic E-state index is 0.106. The largest absolute Gasteiger partial charge is 0.347 e. The Labute approximate surface area is 147 Å². The molecule has 0 aliphatic carbocycles. The first-order valence-corrected chi connectivity index (χ1v) is 9.48. The number of hydrogen-bond acceptors (Lipinski definition) is 4. The van der Waals surface area contributed by atoms with E-state index in [4.69, 9.17) is 0 Å². The third-order valence-electron chi connectivity index (χ3n) is 4.61. The summed E-state index contributed by atoms with van der Waals surface area (Å²) in [5.41, 5.74) is 2.97. The highest BCUT2D eigenvalue weighted by molar-refractivity contribution is 7.09. The van der Waals surface area contributed by atoms with Crippen LogP contribution in [0.2, 0.25) is 0 Å². The van der Waals surface area contributed by atoms with Crippen LogP contribution in [0.5, 0.6) is 0 Å². The summed E-state index contributed by atoms with van der Waals surface area (Å²) >= 11 is 1.50. The molecular weight excluding hydrogens is 318 g/mol. The zero-order valence-electron chi connectivity index (χ0n) is 14.4. The van der Waals surface area contributed by atoms with Crippen LogP contribution in [0.3, 0.4) is 0 Å². The molecule has 1 saturated heterocycles. The van der Waals surface area contributed by atoms with E-state index >= 15 is 0 Å². The van der Waals surface area contributed by atoms with E-state index in [2.05, 4.69) is 46.4 Å². The SMILES string of the molecule is Cc1nc(C(=O)NCc2ccc(CN3CCC(C)CC3)cc2)cs1. The number of likely N-dealkylation sites (tertiary alicyclic amines) is 1. The van der Waals surface area contributed by atoms with Crippen LogP contribution >= 0.6 is 11.3 Å². The number of nitrogens with one attached hydrogen (secondary N) is 1. The topological polar surface area (TPSA) is 45.2 Å². The average Bonchev–Trinajstić information content (AvgIpc) is 3.03. The monoisotopic (exact) mass is 343 g/mol. The molecule has 1 aliphatic rings. The van der Waals surface area contributed by atoms with Crippen molar-refractivity contribution < 1.29 is 4.79 Å². The van der Waals surface area contributed by atoms with Crippen molar-refractivity contribution in [3.8, 4) is 0 Å². The maximum absolute atomic E-state index is 12.0. The highest BCUT2D eigenvalue weighted by atomic mass is 32.1. The van der Waals surface area contributed by atoms with Gasteiger partial charge in [-0.15, -0.1) is 11.3 Å². The van der Waals surface area contributed by atoms with Gasteiger partial charge < -0.3 is 5.32 Å². The van der Waals surface area contributed by atoms with Crippen LogP contribution in [0.1, 0.15) is 46.4 Å². The number of carbonyl (C=O) groups excluding carboxylic acids is 1. The van der Waals surface area contributed by atoms with Crippen molar-refractivity contribution >= 4 is 17.2 Å². The molecule has 1 fully saturated rings. The number of nitrogens with zero attached hydrogens (tertiary/aromatic N) is 2. The van der Waals surface area contributed by atoms with Crippen molar-refractivity contribution in [2.24, 2.45) is 5.92 Å². The van der Waals surface area contributed by atoms with Crippen molar-refractivity contribution in [3.05, 3.63) is 51.5 Å². The zero-order valence-corrected chi connectivity index (χ0v) is 15.2. The fraction of sp³-hybridized carbons (Fsp3) is 0.474. The van der Waals surface area contributed by atoms with E-state index in [0.29, 0.717) is 12.2 Å². The van der Waals surface area contributed by atoms with Crippen LogP contribution in [0.15, 0.2) is 29.6 Å². The van der Waals surface area contributed by atoms with Gasteiger partial charge in [-0.1, -0.05) is 31.2 Å².